The van der Waals surface area contributed by atoms with Crippen LogP contribution in [0.25, 0.3) is 0 Å². The van der Waals surface area contributed by atoms with Crippen molar-refractivity contribution >= 4 is 5.84 Å². The van der Waals surface area contributed by atoms with Gasteiger partial charge in [0, 0.05) is 11.8 Å². The lowest BCUT2D eigenvalue weighted by Crippen LogP contribution is -2.27. The minimum atomic E-state index is 0.0230. The number of rotatable bonds is 4. The Morgan fingerprint density at radius 3 is 2.95 bits per heavy atom. The normalized spacial score (nSPS) is 27.5. The van der Waals surface area contributed by atoms with Gasteiger partial charge in [0.15, 0.2) is 5.84 Å². The molecule has 5 nitrogen and oxygen atoms in total. The standard InChI is InChI=1S/C15H23N3O2/c1-10-5-6-13(8-11(10)2)20-9-12-4-3-7-17-14(12)15(16)18-19/h3-4,7,10-11,13,19H,5-6,8-9H2,1-2H3,(H2,16,18). The van der Waals surface area contributed by atoms with Crippen LogP contribution in [-0.4, -0.2) is 22.1 Å². The van der Waals surface area contributed by atoms with E-state index in [1.165, 1.54) is 6.42 Å². The first-order valence-electron chi connectivity index (χ1n) is 7.15. The maximum absolute atomic E-state index is 8.78. The van der Waals surface area contributed by atoms with Gasteiger partial charge in [-0.3, -0.25) is 4.98 Å². The average molecular weight is 277 g/mol. The van der Waals surface area contributed by atoms with Gasteiger partial charge in [-0.05, 0) is 37.2 Å². The molecule has 1 heterocycles. The van der Waals surface area contributed by atoms with Gasteiger partial charge in [0.1, 0.15) is 5.69 Å². The molecule has 1 saturated carbocycles. The molecule has 2 rings (SSSR count). The van der Waals surface area contributed by atoms with E-state index in [4.69, 9.17) is 15.7 Å². The number of oxime groups is 1. The van der Waals surface area contributed by atoms with Crippen molar-refractivity contribution in [2.45, 2.75) is 45.8 Å². The highest BCUT2D eigenvalue weighted by molar-refractivity contribution is 5.96. The van der Waals surface area contributed by atoms with Crippen LogP contribution in [0, 0.1) is 11.8 Å². The highest BCUT2D eigenvalue weighted by Gasteiger charge is 2.25. The van der Waals surface area contributed by atoms with Crippen molar-refractivity contribution in [3.63, 3.8) is 0 Å². The first kappa shape index (κ1) is 14.8. The Bertz CT molecular complexity index is 476. The molecule has 1 fully saturated rings. The maximum Gasteiger partial charge on any atom is 0.189 e. The van der Waals surface area contributed by atoms with E-state index < -0.39 is 0 Å². The number of aromatic nitrogens is 1. The number of nitrogens with two attached hydrogens (primary N) is 1. The highest BCUT2D eigenvalue weighted by atomic mass is 16.5. The van der Waals surface area contributed by atoms with Gasteiger partial charge in [0.25, 0.3) is 0 Å². The number of hydrogen-bond acceptors (Lipinski definition) is 4. The molecule has 1 aromatic rings. The summed E-state index contributed by atoms with van der Waals surface area (Å²) in [7, 11) is 0. The molecule has 3 N–H and O–H groups in total. The SMILES string of the molecule is CC1CCC(OCc2cccnc2C(N)=NO)CC1C. The van der Waals surface area contributed by atoms with E-state index in [1.54, 1.807) is 6.20 Å². The molecule has 0 spiro atoms. The summed E-state index contributed by atoms with van der Waals surface area (Å²) in [5, 5.41) is 11.8. The van der Waals surface area contributed by atoms with Crippen LogP contribution in [0.15, 0.2) is 23.5 Å². The minimum absolute atomic E-state index is 0.0230. The number of amidine groups is 1. The van der Waals surface area contributed by atoms with E-state index in [2.05, 4.69) is 24.0 Å². The van der Waals surface area contributed by atoms with Gasteiger partial charge in [-0.1, -0.05) is 25.1 Å². The van der Waals surface area contributed by atoms with Gasteiger partial charge in [-0.15, -0.1) is 0 Å². The molecule has 1 aliphatic carbocycles. The number of hydrogen-bond donors (Lipinski definition) is 2. The maximum atomic E-state index is 8.78. The summed E-state index contributed by atoms with van der Waals surface area (Å²) >= 11 is 0. The molecule has 3 unspecified atom stereocenters. The Balaban J connectivity index is 1.98. The van der Waals surface area contributed by atoms with Crippen LogP contribution in [0.5, 0.6) is 0 Å². The molecule has 0 radical (unpaired) electrons. The molecule has 110 valence electrons. The summed E-state index contributed by atoms with van der Waals surface area (Å²) in [4.78, 5) is 4.14. The third kappa shape index (κ3) is 3.48. The summed E-state index contributed by atoms with van der Waals surface area (Å²) in [6.07, 6.45) is 5.33. The van der Waals surface area contributed by atoms with Crippen LogP contribution in [-0.2, 0) is 11.3 Å². The van der Waals surface area contributed by atoms with Gasteiger partial charge >= 0.3 is 0 Å². The Morgan fingerprint density at radius 2 is 2.25 bits per heavy atom. The number of pyridine rings is 1. The van der Waals surface area contributed by atoms with Gasteiger partial charge in [0.05, 0.1) is 12.7 Å². The van der Waals surface area contributed by atoms with Crippen LogP contribution in [0.1, 0.15) is 44.4 Å². The summed E-state index contributed by atoms with van der Waals surface area (Å²) in [5.41, 5.74) is 6.97. The molecule has 0 aromatic carbocycles. The Hall–Kier alpha value is -1.62. The minimum Gasteiger partial charge on any atom is -0.409 e. The molecule has 0 aliphatic heterocycles. The molecule has 0 saturated heterocycles. The van der Waals surface area contributed by atoms with Crippen LogP contribution >= 0.6 is 0 Å². The van der Waals surface area contributed by atoms with Crippen LogP contribution < -0.4 is 5.73 Å². The summed E-state index contributed by atoms with van der Waals surface area (Å²) in [6, 6.07) is 3.73. The van der Waals surface area contributed by atoms with Crippen molar-refractivity contribution in [3.05, 3.63) is 29.6 Å². The van der Waals surface area contributed by atoms with Crippen molar-refractivity contribution in [2.75, 3.05) is 0 Å². The second-order valence-corrected chi connectivity index (χ2v) is 5.70. The van der Waals surface area contributed by atoms with Gasteiger partial charge in [0.2, 0.25) is 0 Å². The van der Waals surface area contributed by atoms with Crippen molar-refractivity contribution in [1.82, 2.24) is 4.98 Å². The molecule has 1 aromatic heterocycles. The largest absolute Gasteiger partial charge is 0.409 e. The van der Waals surface area contributed by atoms with Crippen LogP contribution in [0.4, 0.5) is 0 Å². The second-order valence-electron chi connectivity index (χ2n) is 5.70. The predicted octanol–water partition coefficient (Wildman–Crippen LogP) is 2.52. The molecule has 5 heteroatoms. The van der Waals surface area contributed by atoms with E-state index in [0.717, 1.165) is 24.3 Å². The predicted molar refractivity (Wildman–Crippen MR) is 77.5 cm³/mol. The topological polar surface area (TPSA) is 80.7 Å². The third-order valence-corrected chi connectivity index (χ3v) is 4.27. The van der Waals surface area contributed by atoms with Crippen molar-refractivity contribution in [2.24, 2.45) is 22.7 Å². The second kappa shape index (κ2) is 6.70. The van der Waals surface area contributed by atoms with E-state index in [-0.39, 0.29) is 5.84 Å². The number of ether oxygens (including phenoxy) is 1. The van der Waals surface area contributed by atoms with Gasteiger partial charge < -0.3 is 15.7 Å². The van der Waals surface area contributed by atoms with E-state index >= 15 is 0 Å². The van der Waals surface area contributed by atoms with Crippen LogP contribution in [0.3, 0.4) is 0 Å². The summed E-state index contributed by atoms with van der Waals surface area (Å²) < 4.78 is 5.99. The van der Waals surface area contributed by atoms with E-state index in [0.29, 0.717) is 24.3 Å². The molecule has 1 aliphatic rings. The molecular weight excluding hydrogens is 254 g/mol. The van der Waals surface area contributed by atoms with Crippen molar-refractivity contribution in [1.29, 1.82) is 0 Å². The van der Waals surface area contributed by atoms with Crippen molar-refractivity contribution in [3.8, 4) is 0 Å². The molecule has 3 atom stereocenters. The lowest BCUT2D eigenvalue weighted by atomic mass is 9.80. The fraction of sp³-hybridized carbons (Fsp3) is 0.600. The Labute approximate surface area is 119 Å². The highest BCUT2D eigenvalue weighted by Crippen LogP contribution is 2.31. The van der Waals surface area contributed by atoms with Crippen molar-refractivity contribution < 1.29 is 9.94 Å². The zero-order valence-electron chi connectivity index (χ0n) is 12.1. The Morgan fingerprint density at radius 1 is 1.45 bits per heavy atom. The molecule has 20 heavy (non-hydrogen) atoms. The fourth-order valence-corrected chi connectivity index (χ4v) is 2.69. The zero-order valence-corrected chi connectivity index (χ0v) is 12.1. The average Bonchev–Trinajstić information content (AvgIpc) is 2.48. The summed E-state index contributed by atoms with van der Waals surface area (Å²) in [6.45, 7) is 5.04. The van der Waals surface area contributed by atoms with Gasteiger partial charge in [-0.2, -0.15) is 0 Å². The first-order chi connectivity index (χ1) is 9.61. The smallest absolute Gasteiger partial charge is 0.189 e. The monoisotopic (exact) mass is 277 g/mol. The third-order valence-electron chi connectivity index (χ3n) is 4.27. The van der Waals surface area contributed by atoms with Gasteiger partial charge in [-0.25, -0.2) is 0 Å². The molecule has 0 bridgehead atoms. The zero-order chi connectivity index (χ0) is 14.5. The lowest BCUT2D eigenvalue weighted by molar-refractivity contribution is -0.00760. The number of nitrogens with zero attached hydrogens (tertiary/aromatic N) is 2. The quantitative estimate of drug-likeness (QED) is 0.383. The van der Waals surface area contributed by atoms with Crippen LogP contribution in [0.2, 0.25) is 0 Å². The lowest BCUT2D eigenvalue weighted by Gasteiger charge is -2.32. The fourth-order valence-electron chi connectivity index (χ4n) is 2.69. The molecule has 0 amide bonds. The summed E-state index contributed by atoms with van der Waals surface area (Å²) in [5.74, 6) is 1.50. The molecular formula is C15H23N3O2. The Kier molecular flexibility index (Phi) is 4.95. The first-order valence-corrected chi connectivity index (χ1v) is 7.15. The van der Waals surface area contributed by atoms with E-state index in [1.807, 2.05) is 12.1 Å². The van der Waals surface area contributed by atoms with E-state index in [9.17, 15) is 0 Å².